The van der Waals surface area contributed by atoms with Crippen molar-refractivity contribution in [3.05, 3.63) is 0 Å². The fourth-order valence-electron chi connectivity index (χ4n) is 0. The van der Waals surface area contributed by atoms with Gasteiger partial charge in [-0.05, 0) is 0 Å². The van der Waals surface area contributed by atoms with E-state index in [2.05, 4.69) is 0 Å². The normalized spacial score (nSPS) is 1.87. The Bertz CT molecular complexity index is 70.6. The molecule has 2 N–H and O–H groups in total. The summed E-state index contributed by atoms with van der Waals surface area (Å²) in [6, 6.07) is 0. The van der Waals surface area contributed by atoms with E-state index in [9.17, 15) is 0 Å². The number of hydrogen-bond donors (Lipinski definition) is 2. The minimum atomic E-state index is 0. The Labute approximate surface area is 98.1 Å². The fourth-order valence-corrected chi connectivity index (χ4v) is 0. The molecular formula is C11H34N2O2. The lowest BCUT2D eigenvalue weighted by atomic mass is 11.0. The molecule has 0 fully saturated rings. The van der Waals surface area contributed by atoms with Gasteiger partial charge >= 0.3 is 0 Å². The first kappa shape index (κ1) is 98.9. The summed E-state index contributed by atoms with van der Waals surface area (Å²) in [5.41, 5.74) is 0. The van der Waals surface area contributed by atoms with E-state index in [0.29, 0.717) is 0 Å². The van der Waals surface area contributed by atoms with E-state index in [1.807, 2.05) is 27.7 Å². The predicted octanol–water partition coefficient (Wildman–Crippen LogP) is 5.03. The van der Waals surface area contributed by atoms with Crippen molar-refractivity contribution < 1.29 is 9.59 Å². The molecule has 0 amide bonds. The fraction of sp³-hybridized carbons (Fsp3) is 0.818. The lowest BCUT2D eigenvalue weighted by Gasteiger charge is -1.07. The van der Waals surface area contributed by atoms with Crippen LogP contribution >= 0.6 is 0 Å². The van der Waals surface area contributed by atoms with Crippen LogP contribution in [0.15, 0.2) is 0 Å². The number of carbonyl (C=O) groups excluding carboxylic acids is 2. The van der Waals surface area contributed by atoms with E-state index in [0.717, 1.165) is 12.2 Å². The highest BCUT2D eigenvalue weighted by Gasteiger charge is 1.04. The van der Waals surface area contributed by atoms with Gasteiger partial charge in [-0.2, -0.15) is 0 Å². The third-order valence-corrected chi connectivity index (χ3v) is 0. The summed E-state index contributed by atoms with van der Waals surface area (Å²) < 4.78 is 0. The Hall–Kier alpha value is -1.24. The summed E-state index contributed by atoms with van der Waals surface area (Å²) in [4.78, 5) is 16.7. The average Bonchev–Trinajstić information content (AvgIpc) is 1.99. The van der Waals surface area contributed by atoms with Crippen LogP contribution in [0.25, 0.3) is 0 Å². The average molecular weight is 226 g/mol. The van der Waals surface area contributed by atoms with Crippen molar-refractivity contribution in [1.29, 1.82) is 10.8 Å². The van der Waals surface area contributed by atoms with E-state index >= 15 is 0 Å². The molecule has 0 aromatic heterocycles. The molecular weight excluding hydrogens is 192 g/mol. The van der Waals surface area contributed by atoms with Gasteiger partial charge in [0.1, 0.15) is 0 Å². The second-order valence-electron chi connectivity index (χ2n) is 0.204. The molecule has 0 unspecified atom stereocenters. The van der Waals surface area contributed by atoms with Crippen LogP contribution in [0.3, 0.4) is 0 Å². The quantitative estimate of drug-likeness (QED) is 0.448. The van der Waals surface area contributed by atoms with Crippen LogP contribution < -0.4 is 0 Å². The van der Waals surface area contributed by atoms with Crippen molar-refractivity contribution in [2.45, 2.75) is 64.8 Å². The van der Waals surface area contributed by atoms with E-state index < -0.39 is 0 Å². The molecule has 0 bridgehead atoms. The smallest absolute Gasteiger partial charge is 0.222 e. The molecule has 0 rings (SSSR count). The van der Waals surface area contributed by atoms with Gasteiger partial charge in [0.2, 0.25) is 12.2 Å². The van der Waals surface area contributed by atoms with Gasteiger partial charge in [-0.15, -0.1) is 0 Å². The largest absolute Gasteiger partial charge is 0.231 e. The second kappa shape index (κ2) is 3060. The third kappa shape index (κ3) is 961. The number of rotatable bonds is 0. The van der Waals surface area contributed by atoms with Crippen molar-refractivity contribution in [3.8, 4) is 0 Å². The molecule has 0 radical (unpaired) electrons. The monoisotopic (exact) mass is 226 g/mol. The molecule has 0 saturated carbocycles. The lowest BCUT2D eigenvalue weighted by molar-refractivity contribution is 0.562. The summed E-state index contributed by atoms with van der Waals surface area (Å²) in [6.07, 6.45) is 1.50. The van der Waals surface area contributed by atoms with Gasteiger partial charge in [0.25, 0.3) is 0 Å². The van der Waals surface area contributed by atoms with Gasteiger partial charge in [-0.1, -0.05) is 64.8 Å². The zero-order valence-corrected chi connectivity index (χ0v) is 6.82. The third-order valence-electron chi connectivity index (χ3n) is 0. The lowest BCUT2D eigenvalue weighted by Crippen LogP contribution is -1.16. The number of hydrogen-bond acceptors (Lipinski definition) is 4. The molecule has 0 spiro atoms. The second-order valence-corrected chi connectivity index (χ2v) is 0.204. The van der Waals surface area contributed by atoms with Crippen molar-refractivity contribution >= 4 is 12.2 Å². The highest BCUT2D eigenvalue weighted by Crippen LogP contribution is 1.15. The Balaban J connectivity index is -0.00000000418. The molecule has 0 aliphatic rings. The molecule has 0 aromatic rings. The van der Waals surface area contributed by atoms with Gasteiger partial charge in [-0.25, -0.2) is 20.4 Å². The van der Waals surface area contributed by atoms with Crippen molar-refractivity contribution in [2.24, 2.45) is 0 Å². The molecule has 0 heterocycles. The predicted molar refractivity (Wildman–Crippen MR) is 73.2 cm³/mol. The van der Waals surface area contributed by atoms with Gasteiger partial charge in [-0.3, -0.25) is 0 Å². The first-order valence-corrected chi connectivity index (χ1v) is 2.91. The first-order chi connectivity index (χ1) is 4.83. The molecule has 0 aliphatic carbocycles. The maximum absolute atomic E-state index is 8.35. The van der Waals surface area contributed by atoms with Crippen LogP contribution in [0.2, 0.25) is 0 Å². The Kier molecular flexibility index (Phi) is 20100. The van der Waals surface area contributed by atoms with Crippen LogP contribution in [0, 0.1) is 10.8 Å². The van der Waals surface area contributed by atoms with Crippen molar-refractivity contribution in [3.63, 3.8) is 0 Å². The molecule has 4 heteroatoms. The molecule has 4 nitrogen and oxygen atoms in total. The maximum Gasteiger partial charge on any atom is 0.231 e. The van der Waals surface area contributed by atoms with E-state index in [-0.39, 0.29) is 37.1 Å². The van der Waals surface area contributed by atoms with Crippen LogP contribution in [-0.2, 0) is 9.59 Å². The minimum absolute atomic E-state index is 0. The van der Waals surface area contributed by atoms with Crippen LogP contribution in [0.1, 0.15) is 64.8 Å². The zero-order chi connectivity index (χ0) is 9.41. The maximum atomic E-state index is 8.35. The molecule has 100 valence electrons. The number of nitrogens with one attached hydrogen (secondary N) is 2. The summed E-state index contributed by atoms with van der Waals surface area (Å²) >= 11 is 0. The molecule has 0 aliphatic heterocycles. The van der Waals surface area contributed by atoms with E-state index in [1.165, 1.54) is 0 Å². The van der Waals surface area contributed by atoms with Crippen molar-refractivity contribution in [2.75, 3.05) is 0 Å². The Morgan fingerprint density at radius 3 is 0.600 bits per heavy atom. The Morgan fingerprint density at radius 2 is 0.600 bits per heavy atom. The molecule has 0 atom stereocenters. The van der Waals surface area contributed by atoms with Gasteiger partial charge in [0.15, 0.2) is 0 Å². The molecule has 0 aromatic carbocycles. The van der Waals surface area contributed by atoms with E-state index in [4.69, 9.17) is 20.4 Å². The van der Waals surface area contributed by atoms with Crippen LogP contribution in [0.5, 0.6) is 0 Å². The standard InChI is InChI=1S/2C2H6.2CHNO.5CH4/c2*1-2;2*2-1-3;;;;;/h2*1-2H3;2*2H;5*1H4. The highest BCUT2D eigenvalue weighted by atomic mass is 16.1. The SMILES string of the molecule is C.C.C.C.C.CC.CC.N=C=O.N=C=O. The topological polar surface area (TPSA) is 81.8 Å². The van der Waals surface area contributed by atoms with Crippen LogP contribution in [-0.4, -0.2) is 12.2 Å². The molecule has 15 heavy (non-hydrogen) atoms. The van der Waals surface area contributed by atoms with Gasteiger partial charge in [0.05, 0.1) is 0 Å². The summed E-state index contributed by atoms with van der Waals surface area (Å²) in [5.74, 6) is 0. The van der Waals surface area contributed by atoms with Crippen LogP contribution in [0.4, 0.5) is 0 Å². The van der Waals surface area contributed by atoms with Gasteiger partial charge < -0.3 is 0 Å². The van der Waals surface area contributed by atoms with Gasteiger partial charge in [0, 0.05) is 0 Å². The summed E-state index contributed by atoms with van der Waals surface area (Å²) in [6.45, 7) is 8.00. The zero-order valence-electron chi connectivity index (χ0n) is 6.82. The van der Waals surface area contributed by atoms with Crippen molar-refractivity contribution in [1.82, 2.24) is 0 Å². The first-order valence-electron chi connectivity index (χ1n) is 2.91. The minimum Gasteiger partial charge on any atom is -0.222 e. The van der Waals surface area contributed by atoms with E-state index in [1.54, 1.807) is 0 Å². The Morgan fingerprint density at radius 1 is 0.600 bits per heavy atom. The highest BCUT2D eigenvalue weighted by molar-refractivity contribution is 5.26. The number of isocyanates is 2. The summed E-state index contributed by atoms with van der Waals surface area (Å²) in [5, 5.41) is 10.8. The molecule has 0 saturated heterocycles. The summed E-state index contributed by atoms with van der Waals surface area (Å²) in [7, 11) is 0.